The number of benzene rings is 2. The van der Waals surface area contributed by atoms with Crippen molar-refractivity contribution in [3.05, 3.63) is 69.7 Å². The lowest BCUT2D eigenvalue weighted by Gasteiger charge is -2.11. The molecule has 1 unspecified atom stereocenters. The highest BCUT2D eigenvalue weighted by Gasteiger charge is 2.24. The van der Waals surface area contributed by atoms with E-state index < -0.39 is 0 Å². The fourth-order valence-electron chi connectivity index (χ4n) is 2.23. The van der Waals surface area contributed by atoms with E-state index in [9.17, 15) is 0 Å². The summed E-state index contributed by atoms with van der Waals surface area (Å²) < 4.78 is 5.80. The Balaban J connectivity index is 2.00. The normalized spacial score (nSPS) is 17.2. The Hall–Kier alpha value is -1.82. The molecule has 0 aliphatic carbocycles. The van der Waals surface area contributed by atoms with Crippen LogP contribution >= 0.6 is 11.6 Å². The molecule has 0 saturated carbocycles. The first-order valence-corrected chi connectivity index (χ1v) is 6.06. The molecule has 1 atom stereocenters. The van der Waals surface area contributed by atoms with Crippen LogP contribution in [0.1, 0.15) is 28.4 Å². The van der Waals surface area contributed by atoms with Crippen molar-refractivity contribution in [1.29, 1.82) is 5.26 Å². The number of hydrogen-bond acceptors (Lipinski definition) is 2. The van der Waals surface area contributed by atoms with Gasteiger partial charge in [0.05, 0.1) is 18.2 Å². The molecule has 0 bridgehead atoms. The largest absolute Gasteiger partial charge is 0.364 e. The number of hydrogen-bond donors (Lipinski definition) is 0. The minimum atomic E-state index is -0.0509. The highest BCUT2D eigenvalue weighted by Crippen LogP contribution is 2.36. The molecule has 18 heavy (non-hydrogen) atoms. The van der Waals surface area contributed by atoms with Crippen molar-refractivity contribution < 1.29 is 4.74 Å². The van der Waals surface area contributed by atoms with E-state index in [1.165, 1.54) is 0 Å². The minimum Gasteiger partial charge on any atom is -0.364 e. The zero-order valence-corrected chi connectivity index (χ0v) is 10.3. The van der Waals surface area contributed by atoms with Crippen LogP contribution in [0.5, 0.6) is 0 Å². The van der Waals surface area contributed by atoms with Gasteiger partial charge in [-0.1, -0.05) is 29.8 Å². The Morgan fingerprint density at radius 3 is 2.67 bits per heavy atom. The van der Waals surface area contributed by atoms with Gasteiger partial charge in [0.15, 0.2) is 0 Å². The number of ether oxygens (including phenoxy) is 1. The van der Waals surface area contributed by atoms with Crippen LogP contribution in [0.2, 0.25) is 5.02 Å². The van der Waals surface area contributed by atoms with Crippen LogP contribution < -0.4 is 0 Å². The van der Waals surface area contributed by atoms with E-state index in [-0.39, 0.29) is 6.10 Å². The summed E-state index contributed by atoms with van der Waals surface area (Å²) in [7, 11) is 0. The minimum absolute atomic E-state index is 0.0509. The maximum atomic E-state index is 8.88. The van der Waals surface area contributed by atoms with E-state index in [2.05, 4.69) is 6.07 Å². The van der Waals surface area contributed by atoms with E-state index in [1.54, 1.807) is 0 Å². The summed E-state index contributed by atoms with van der Waals surface area (Å²) in [5.74, 6) is 0. The number of fused-ring (bicyclic) bond motifs is 1. The average Bonchev–Trinajstić information content (AvgIpc) is 2.82. The third-order valence-corrected chi connectivity index (χ3v) is 3.38. The first kappa shape index (κ1) is 11.3. The van der Waals surface area contributed by atoms with Gasteiger partial charge in [-0.05, 0) is 41.0 Å². The molecule has 88 valence electrons. The molecule has 3 heteroatoms. The Labute approximate surface area is 110 Å². The van der Waals surface area contributed by atoms with Crippen LogP contribution in [0.4, 0.5) is 0 Å². The lowest BCUT2D eigenvalue weighted by molar-refractivity contribution is 0.0939. The maximum Gasteiger partial charge on any atom is 0.108 e. The van der Waals surface area contributed by atoms with Gasteiger partial charge in [0.1, 0.15) is 6.10 Å². The Kier molecular flexibility index (Phi) is 2.79. The van der Waals surface area contributed by atoms with E-state index >= 15 is 0 Å². The van der Waals surface area contributed by atoms with Crippen molar-refractivity contribution >= 4 is 11.6 Å². The van der Waals surface area contributed by atoms with Gasteiger partial charge in [0.2, 0.25) is 0 Å². The molecule has 1 aliphatic heterocycles. The highest BCUT2D eigenvalue weighted by atomic mass is 35.5. The summed E-state index contributed by atoms with van der Waals surface area (Å²) >= 11 is 5.88. The van der Waals surface area contributed by atoms with Crippen LogP contribution in [-0.2, 0) is 11.3 Å². The van der Waals surface area contributed by atoms with E-state index in [0.29, 0.717) is 12.2 Å². The summed E-state index contributed by atoms with van der Waals surface area (Å²) in [6.07, 6.45) is -0.0509. The predicted octanol–water partition coefficient (Wildman–Crippen LogP) is 3.83. The van der Waals surface area contributed by atoms with Gasteiger partial charge in [0, 0.05) is 5.02 Å². The van der Waals surface area contributed by atoms with Crippen LogP contribution in [0.15, 0.2) is 42.5 Å². The second kappa shape index (κ2) is 4.45. The molecule has 2 nitrogen and oxygen atoms in total. The quantitative estimate of drug-likeness (QED) is 0.776. The molecule has 0 aromatic heterocycles. The van der Waals surface area contributed by atoms with E-state index in [4.69, 9.17) is 21.6 Å². The fourth-order valence-corrected chi connectivity index (χ4v) is 2.36. The van der Waals surface area contributed by atoms with Gasteiger partial charge >= 0.3 is 0 Å². The SMILES string of the molecule is N#Cc1ccc2c(c1)COC2c1ccc(Cl)cc1. The van der Waals surface area contributed by atoms with Crippen molar-refractivity contribution in [3.63, 3.8) is 0 Å². The predicted molar refractivity (Wildman–Crippen MR) is 69.2 cm³/mol. The molecule has 1 aliphatic rings. The lowest BCUT2D eigenvalue weighted by atomic mass is 9.98. The molecule has 3 rings (SSSR count). The summed E-state index contributed by atoms with van der Waals surface area (Å²) in [6.45, 7) is 0.554. The van der Waals surface area contributed by atoms with Crippen LogP contribution in [0.25, 0.3) is 0 Å². The standard InChI is InChI=1S/C15H10ClNO/c16-13-4-2-11(3-5-13)15-14-6-1-10(8-17)7-12(14)9-18-15/h1-7,15H,9H2. The number of nitriles is 1. The molecule has 0 radical (unpaired) electrons. The summed E-state index contributed by atoms with van der Waals surface area (Å²) in [6, 6.07) is 15.5. The summed E-state index contributed by atoms with van der Waals surface area (Å²) in [5, 5.41) is 9.60. The summed E-state index contributed by atoms with van der Waals surface area (Å²) in [4.78, 5) is 0. The monoisotopic (exact) mass is 255 g/mol. The fraction of sp³-hybridized carbons (Fsp3) is 0.133. The summed E-state index contributed by atoms with van der Waals surface area (Å²) in [5.41, 5.74) is 3.99. The van der Waals surface area contributed by atoms with Gasteiger partial charge in [-0.3, -0.25) is 0 Å². The Morgan fingerprint density at radius 2 is 1.94 bits per heavy atom. The molecular weight excluding hydrogens is 246 g/mol. The van der Waals surface area contributed by atoms with E-state index in [0.717, 1.165) is 21.7 Å². The van der Waals surface area contributed by atoms with Crippen molar-refractivity contribution in [2.45, 2.75) is 12.7 Å². The van der Waals surface area contributed by atoms with Gasteiger partial charge in [-0.15, -0.1) is 0 Å². The lowest BCUT2D eigenvalue weighted by Crippen LogP contribution is -1.97. The number of nitrogens with zero attached hydrogens (tertiary/aromatic N) is 1. The van der Waals surface area contributed by atoms with E-state index in [1.807, 2.05) is 42.5 Å². The van der Waals surface area contributed by atoms with Crippen LogP contribution in [0, 0.1) is 11.3 Å². The van der Waals surface area contributed by atoms with Gasteiger partial charge in [0.25, 0.3) is 0 Å². The molecule has 2 aromatic carbocycles. The number of halogens is 1. The topological polar surface area (TPSA) is 33.0 Å². The third-order valence-electron chi connectivity index (χ3n) is 3.13. The number of rotatable bonds is 1. The average molecular weight is 256 g/mol. The molecule has 1 heterocycles. The molecule has 0 saturated heterocycles. The second-order valence-electron chi connectivity index (χ2n) is 4.27. The third kappa shape index (κ3) is 1.88. The van der Waals surface area contributed by atoms with Gasteiger partial charge < -0.3 is 4.74 Å². The molecule has 0 amide bonds. The molecule has 0 spiro atoms. The molecular formula is C15H10ClNO. The smallest absolute Gasteiger partial charge is 0.108 e. The molecule has 0 fully saturated rings. The van der Waals surface area contributed by atoms with Gasteiger partial charge in [-0.2, -0.15) is 5.26 Å². The molecule has 2 aromatic rings. The van der Waals surface area contributed by atoms with Gasteiger partial charge in [-0.25, -0.2) is 0 Å². The second-order valence-corrected chi connectivity index (χ2v) is 4.70. The zero-order valence-electron chi connectivity index (χ0n) is 9.56. The Bertz CT molecular complexity index is 628. The van der Waals surface area contributed by atoms with Crippen molar-refractivity contribution in [2.24, 2.45) is 0 Å². The van der Waals surface area contributed by atoms with Crippen molar-refractivity contribution in [2.75, 3.05) is 0 Å². The van der Waals surface area contributed by atoms with Crippen LogP contribution in [0.3, 0.4) is 0 Å². The first-order chi connectivity index (χ1) is 8.78. The van der Waals surface area contributed by atoms with Crippen LogP contribution in [-0.4, -0.2) is 0 Å². The zero-order chi connectivity index (χ0) is 12.5. The Morgan fingerprint density at radius 1 is 1.17 bits per heavy atom. The van der Waals surface area contributed by atoms with Crippen molar-refractivity contribution in [3.8, 4) is 6.07 Å². The molecule has 0 N–H and O–H groups in total. The maximum absolute atomic E-state index is 8.88. The van der Waals surface area contributed by atoms with Crippen molar-refractivity contribution in [1.82, 2.24) is 0 Å². The highest BCUT2D eigenvalue weighted by molar-refractivity contribution is 6.30. The first-order valence-electron chi connectivity index (χ1n) is 5.68.